The average Bonchev–Trinajstić information content (AvgIpc) is 2.42. The summed E-state index contributed by atoms with van der Waals surface area (Å²) in [4.78, 5) is 10.9. The molecule has 100 valence electrons. The smallest absolute Gasteiger partial charge is 0.305 e. The average molecular weight is 248 g/mol. The minimum absolute atomic E-state index is 0.0842. The summed E-state index contributed by atoms with van der Waals surface area (Å²) in [5, 5.41) is 0. The topological polar surface area (TPSA) is 26.3 Å². The van der Waals surface area contributed by atoms with Gasteiger partial charge in [0.05, 0.1) is 7.11 Å². The van der Waals surface area contributed by atoms with Gasteiger partial charge in [-0.25, -0.2) is 0 Å². The fourth-order valence-electron chi connectivity index (χ4n) is 2.05. The molecule has 0 radical (unpaired) electrons. The first-order chi connectivity index (χ1) is 8.83. The number of hydrogen-bond donors (Lipinski definition) is 0. The molecule has 0 atom stereocenters. The number of methoxy groups -OCH3 is 1. The summed E-state index contributed by atoms with van der Waals surface area (Å²) in [5.41, 5.74) is 1.43. The molecule has 1 rings (SSSR count). The molecule has 0 amide bonds. The summed E-state index contributed by atoms with van der Waals surface area (Å²) in [5.74, 6) is -0.0842. The normalized spacial score (nSPS) is 10.3. The maximum atomic E-state index is 10.9. The van der Waals surface area contributed by atoms with E-state index in [1.807, 2.05) is 0 Å². The molecule has 1 aromatic carbocycles. The van der Waals surface area contributed by atoms with Gasteiger partial charge in [-0.2, -0.15) is 0 Å². The first-order valence-corrected chi connectivity index (χ1v) is 6.93. The molecule has 0 aliphatic carbocycles. The number of aryl methyl sites for hydroxylation is 1. The molecule has 0 saturated heterocycles. The molecule has 2 nitrogen and oxygen atoms in total. The fraction of sp³-hybridized carbons (Fsp3) is 0.562. The lowest BCUT2D eigenvalue weighted by Gasteiger charge is -2.02. The third-order valence-corrected chi connectivity index (χ3v) is 3.17. The van der Waals surface area contributed by atoms with Gasteiger partial charge in [-0.15, -0.1) is 0 Å². The predicted octanol–water partition coefficient (Wildman–Crippen LogP) is 4.13. The summed E-state index contributed by atoms with van der Waals surface area (Å²) in [6.45, 7) is 0. The van der Waals surface area contributed by atoms with Gasteiger partial charge < -0.3 is 4.74 Å². The van der Waals surface area contributed by atoms with Crippen LogP contribution in [0.25, 0.3) is 0 Å². The maximum Gasteiger partial charge on any atom is 0.305 e. The number of hydrogen-bond acceptors (Lipinski definition) is 2. The Bertz CT molecular complexity index is 319. The van der Waals surface area contributed by atoms with Gasteiger partial charge in [0.1, 0.15) is 0 Å². The zero-order chi connectivity index (χ0) is 13.1. The van der Waals surface area contributed by atoms with Crippen molar-refractivity contribution < 1.29 is 9.53 Å². The van der Waals surface area contributed by atoms with E-state index in [9.17, 15) is 4.79 Å². The number of carbonyl (C=O) groups is 1. The van der Waals surface area contributed by atoms with E-state index >= 15 is 0 Å². The van der Waals surface area contributed by atoms with Gasteiger partial charge in [0.2, 0.25) is 0 Å². The van der Waals surface area contributed by atoms with Crippen LogP contribution in [0.4, 0.5) is 0 Å². The molecule has 1 aromatic rings. The number of benzene rings is 1. The van der Waals surface area contributed by atoms with E-state index in [1.54, 1.807) is 0 Å². The van der Waals surface area contributed by atoms with Crippen LogP contribution in [-0.2, 0) is 16.0 Å². The van der Waals surface area contributed by atoms with Gasteiger partial charge in [-0.05, 0) is 24.8 Å². The Labute approximate surface area is 110 Å². The quantitative estimate of drug-likeness (QED) is 0.485. The molecule has 2 heteroatoms. The minimum atomic E-state index is -0.0842. The Hall–Kier alpha value is -1.31. The van der Waals surface area contributed by atoms with E-state index in [-0.39, 0.29) is 5.97 Å². The molecule has 0 bridgehead atoms. The molecule has 0 spiro atoms. The van der Waals surface area contributed by atoms with Crippen LogP contribution in [0.5, 0.6) is 0 Å². The maximum absolute atomic E-state index is 10.9. The number of unbranched alkanes of at least 4 members (excludes halogenated alkanes) is 5. The number of ether oxygens (including phenoxy) is 1. The molecule has 0 aliphatic heterocycles. The molecule has 0 saturated carbocycles. The monoisotopic (exact) mass is 248 g/mol. The van der Waals surface area contributed by atoms with E-state index < -0.39 is 0 Å². The first kappa shape index (κ1) is 14.7. The number of esters is 1. The summed E-state index contributed by atoms with van der Waals surface area (Å²) >= 11 is 0. The Morgan fingerprint density at radius 2 is 1.56 bits per heavy atom. The van der Waals surface area contributed by atoms with Gasteiger partial charge >= 0.3 is 5.97 Å². The van der Waals surface area contributed by atoms with Crippen molar-refractivity contribution >= 4 is 5.97 Å². The lowest BCUT2D eigenvalue weighted by Crippen LogP contribution is -1.99. The SMILES string of the molecule is COC(=O)CCCCCCCCc1ccccc1. The second kappa shape index (κ2) is 9.69. The van der Waals surface area contributed by atoms with Crippen molar-refractivity contribution in [1.82, 2.24) is 0 Å². The van der Waals surface area contributed by atoms with Gasteiger partial charge in [-0.3, -0.25) is 4.79 Å². The van der Waals surface area contributed by atoms with Crippen LogP contribution in [-0.4, -0.2) is 13.1 Å². The van der Waals surface area contributed by atoms with E-state index in [2.05, 4.69) is 35.1 Å². The van der Waals surface area contributed by atoms with Crippen LogP contribution in [0.15, 0.2) is 30.3 Å². The zero-order valence-corrected chi connectivity index (χ0v) is 11.4. The first-order valence-electron chi connectivity index (χ1n) is 6.93. The van der Waals surface area contributed by atoms with Crippen LogP contribution in [0.1, 0.15) is 50.5 Å². The van der Waals surface area contributed by atoms with Crippen molar-refractivity contribution in [3.8, 4) is 0 Å². The second-order valence-electron chi connectivity index (χ2n) is 4.68. The molecule has 0 unspecified atom stereocenters. The molecule has 0 aromatic heterocycles. The molecule has 0 aliphatic rings. The summed E-state index contributed by atoms with van der Waals surface area (Å²) in [6, 6.07) is 10.6. The van der Waals surface area contributed by atoms with Gasteiger partial charge in [-0.1, -0.05) is 56.0 Å². The van der Waals surface area contributed by atoms with Gasteiger partial charge in [0.25, 0.3) is 0 Å². The van der Waals surface area contributed by atoms with Crippen molar-refractivity contribution in [3.05, 3.63) is 35.9 Å². The second-order valence-corrected chi connectivity index (χ2v) is 4.68. The lowest BCUT2D eigenvalue weighted by molar-refractivity contribution is -0.140. The Morgan fingerprint density at radius 1 is 0.944 bits per heavy atom. The van der Waals surface area contributed by atoms with Crippen molar-refractivity contribution in [2.75, 3.05) is 7.11 Å². The summed E-state index contributed by atoms with van der Waals surface area (Å²) < 4.78 is 4.61. The Kier molecular flexibility index (Phi) is 7.94. The molecule has 0 fully saturated rings. The molecular formula is C16H24O2. The standard InChI is InChI=1S/C16H24O2/c1-18-16(17)14-10-5-3-2-4-7-11-15-12-8-6-9-13-15/h6,8-9,12-13H,2-5,7,10-11,14H2,1H3. The van der Waals surface area contributed by atoms with Crippen LogP contribution in [0.3, 0.4) is 0 Å². The highest BCUT2D eigenvalue weighted by atomic mass is 16.5. The van der Waals surface area contributed by atoms with Gasteiger partial charge in [0.15, 0.2) is 0 Å². The van der Waals surface area contributed by atoms with Crippen molar-refractivity contribution in [1.29, 1.82) is 0 Å². The molecule has 0 N–H and O–H groups in total. The van der Waals surface area contributed by atoms with E-state index in [4.69, 9.17) is 0 Å². The van der Waals surface area contributed by atoms with E-state index in [1.165, 1.54) is 44.8 Å². The highest BCUT2D eigenvalue weighted by Gasteiger charge is 1.99. The highest BCUT2D eigenvalue weighted by molar-refractivity contribution is 5.68. The zero-order valence-electron chi connectivity index (χ0n) is 11.4. The van der Waals surface area contributed by atoms with Crippen LogP contribution in [0, 0.1) is 0 Å². The summed E-state index contributed by atoms with van der Waals surface area (Å²) in [6.07, 6.45) is 8.91. The largest absolute Gasteiger partial charge is 0.469 e. The fourth-order valence-corrected chi connectivity index (χ4v) is 2.05. The molecule has 18 heavy (non-hydrogen) atoms. The minimum Gasteiger partial charge on any atom is -0.469 e. The van der Waals surface area contributed by atoms with Crippen LogP contribution in [0.2, 0.25) is 0 Å². The molecular weight excluding hydrogens is 224 g/mol. The third kappa shape index (κ3) is 7.10. The van der Waals surface area contributed by atoms with Crippen molar-refractivity contribution in [3.63, 3.8) is 0 Å². The molecule has 0 heterocycles. The number of rotatable bonds is 9. The summed E-state index contributed by atoms with van der Waals surface area (Å²) in [7, 11) is 1.45. The Balaban J connectivity index is 1.89. The van der Waals surface area contributed by atoms with Crippen LogP contribution < -0.4 is 0 Å². The van der Waals surface area contributed by atoms with Crippen molar-refractivity contribution in [2.24, 2.45) is 0 Å². The van der Waals surface area contributed by atoms with Crippen LogP contribution >= 0.6 is 0 Å². The Morgan fingerprint density at radius 3 is 2.22 bits per heavy atom. The van der Waals surface area contributed by atoms with Crippen molar-refractivity contribution in [2.45, 2.75) is 51.4 Å². The lowest BCUT2D eigenvalue weighted by atomic mass is 10.0. The number of carbonyl (C=O) groups excluding carboxylic acids is 1. The third-order valence-electron chi connectivity index (χ3n) is 3.17. The predicted molar refractivity (Wildman–Crippen MR) is 74.5 cm³/mol. The highest BCUT2D eigenvalue weighted by Crippen LogP contribution is 2.10. The van der Waals surface area contributed by atoms with Gasteiger partial charge in [0, 0.05) is 6.42 Å². The van der Waals surface area contributed by atoms with E-state index in [0.29, 0.717) is 6.42 Å². The van der Waals surface area contributed by atoms with E-state index in [0.717, 1.165) is 12.8 Å².